The minimum atomic E-state index is 0.135. The van der Waals surface area contributed by atoms with Crippen LogP contribution in [0.1, 0.15) is 23.6 Å². The molecule has 0 fully saturated rings. The zero-order valence-electron chi connectivity index (χ0n) is 11.2. The molecule has 102 valence electrons. The van der Waals surface area contributed by atoms with Crippen LogP contribution in [0.25, 0.3) is 0 Å². The molecule has 3 rings (SSSR count). The number of aromatic hydroxyl groups is 1. The van der Waals surface area contributed by atoms with E-state index in [2.05, 4.69) is 10.5 Å². The second-order valence-electron chi connectivity index (χ2n) is 4.73. The fraction of sp³-hybridized carbons (Fsp3) is 0.188. The number of phenols is 1. The Balaban J connectivity index is 1.77. The SMILES string of the molecule is COc1ccc(C2CC(c3ccccc3O)=NN2)cc1. The Morgan fingerprint density at radius 1 is 1.15 bits per heavy atom. The third-order valence-corrected chi connectivity index (χ3v) is 3.49. The Kier molecular flexibility index (Phi) is 3.29. The van der Waals surface area contributed by atoms with Gasteiger partial charge in [-0.15, -0.1) is 0 Å². The molecule has 0 saturated carbocycles. The van der Waals surface area contributed by atoms with E-state index in [0.717, 1.165) is 29.0 Å². The molecule has 4 nitrogen and oxygen atoms in total. The highest BCUT2D eigenvalue weighted by Gasteiger charge is 2.22. The van der Waals surface area contributed by atoms with E-state index in [-0.39, 0.29) is 11.8 Å². The lowest BCUT2D eigenvalue weighted by Gasteiger charge is -2.11. The van der Waals surface area contributed by atoms with Crippen molar-refractivity contribution in [3.63, 3.8) is 0 Å². The lowest BCUT2D eigenvalue weighted by atomic mass is 9.98. The van der Waals surface area contributed by atoms with Crippen LogP contribution in [0.3, 0.4) is 0 Å². The van der Waals surface area contributed by atoms with Gasteiger partial charge in [0.05, 0.1) is 18.9 Å². The van der Waals surface area contributed by atoms with Crippen molar-refractivity contribution in [2.24, 2.45) is 5.10 Å². The lowest BCUT2D eigenvalue weighted by molar-refractivity contribution is 0.414. The van der Waals surface area contributed by atoms with Gasteiger partial charge >= 0.3 is 0 Å². The molecule has 0 radical (unpaired) electrons. The molecule has 2 N–H and O–H groups in total. The molecular formula is C16H16N2O2. The first-order chi connectivity index (χ1) is 9.78. The maximum Gasteiger partial charge on any atom is 0.124 e. The summed E-state index contributed by atoms with van der Waals surface area (Å²) in [4.78, 5) is 0. The summed E-state index contributed by atoms with van der Waals surface area (Å²) in [6.45, 7) is 0. The summed E-state index contributed by atoms with van der Waals surface area (Å²) in [7, 11) is 1.65. The van der Waals surface area contributed by atoms with E-state index >= 15 is 0 Å². The van der Waals surface area contributed by atoms with Crippen molar-refractivity contribution >= 4 is 5.71 Å². The van der Waals surface area contributed by atoms with Crippen LogP contribution in [0.4, 0.5) is 0 Å². The second kappa shape index (κ2) is 5.25. The zero-order chi connectivity index (χ0) is 13.9. The topological polar surface area (TPSA) is 53.9 Å². The lowest BCUT2D eigenvalue weighted by Crippen LogP contribution is -2.09. The molecule has 2 aromatic carbocycles. The van der Waals surface area contributed by atoms with E-state index in [1.165, 1.54) is 0 Å². The van der Waals surface area contributed by atoms with Crippen LogP contribution < -0.4 is 10.2 Å². The van der Waals surface area contributed by atoms with Crippen molar-refractivity contribution in [1.82, 2.24) is 5.43 Å². The molecule has 0 aromatic heterocycles. The van der Waals surface area contributed by atoms with Crippen LogP contribution in [0.5, 0.6) is 11.5 Å². The predicted molar refractivity (Wildman–Crippen MR) is 78.1 cm³/mol. The zero-order valence-corrected chi connectivity index (χ0v) is 11.2. The van der Waals surface area contributed by atoms with Crippen LogP contribution >= 0.6 is 0 Å². The average Bonchev–Trinajstić information content (AvgIpc) is 2.97. The minimum Gasteiger partial charge on any atom is -0.507 e. The molecule has 0 aliphatic carbocycles. The molecule has 1 unspecified atom stereocenters. The smallest absolute Gasteiger partial charge is 0.124 e. The highest BCUT2D eigenvalue weighted by Crippen LogP contribution is 2.28. The highest BCUT2D eigenvalue weighted by molar-refractivity contribution is 6.03. The Labute approximate surface area is 117 Å². The first kappa shape index (κ1) is 12.5. The van der Waals surface area contributed by atoms with Gasteiger partial charge in [-0.2, -0.15) is 5.10 Å². The third kappa shape index (κ3) is 2.32. The van der Waals surface area contributed by atoms with Crippen molar-refractivity contribution in [3.05, 3.63) is 59.7 Å². The van der Waals surface area contributed by atoms with E-state index in [9.17, 15) is 5.11 Å². The van der Waals surface area contributed by atoms with Gasteiger partial charge in [0.25, 0.3) is 0 Å². The van der Waals surface area contributed by atoms with Gasteiger partial charge in [0.1, 0.15) is 11.5 Å². The molecule has 1 aliphatic rings. The summed E-state index contributed by atoms with van der Waals surface area (Å²) in [5.41, 5.74) is 5.94. The van der Waals surface area contributed by atoms with Crippen molar-refractivity contribution in [2.45, 2.75) is 12.5 Å². The maximum atomic E-state index is 9.87. The number of para-hydroxylation sites is 1. The molecule has 2 aromatic rings. The number of phenolic OH excluding ortho intramolecular Hbond substituents is 1. The van der Waals surface area contributed by atoms with Crippen LogP contribution in [0, 0.1) is 0 Å². The van der Waals surface area contributed by atoms with Crippen LogP contribution in [-0.4, -0.2) is 17.9 Å². The van der Waals surface area contributed by atoms with E-state index in [4.69, 9.17) is 4.74 Å². The summed E-state index contributed by atoms with van der Waals surface area (Å²) < 4.78 is 5.16. The normalized spacial score (nSPS) is 17.4. The van der Waals surface area contributed by atoms with Gasteiger partial charge in [-0.3, -0.25) is 0 Å². The summed E-state index contributed by atoms with van der Waals surface area (Å²) in [5.74, 6) is 1.11. The van der Waals surface area contributed by atoms with E-state index in [0.29, 0.717) is 0 Å². The van der Waals surface area contributed by atoms with Crippen molar-refractivity contribution in [1.29, 1.82) is 0 Å². The molecule has 1 atom stereocenters. The number of nitrogens with one attached hydrogen (secondary N) is 1. The fourth-order valence-corrected chi connectivity index (χ4v) is 2.36. The molecule has 0 bridgehead atoms. The Morgan fingerprint density at radius 3 is 2.60 bits per heavy atom. The number of benzene rings is 2. The predicted octanol–water partition coefficient (Wildman–Crippen LogP) is 2.84. The van der Waals surface area contributed by atoms with Gasteiger partial charge in [-0.1, -0.05) is 24.3 Å². The molecule has 0 amide bonds. The van der Waals surface area contributed by atoms with Gasteiger partial charge in [0, 0.05) is 12.0 Å². The molecule has 20 heavy (non-hydrogen) atoms. The number of hydrogen-bond acceptors (Lipinski definition) is 4. The second-order valence-corrected chi connectivity index (χ2v) is 4.73. The summed E-state index contributed by atoms with van der Waals surface area (Å²) in [5, 5.41) is 14.2. The van der Waals surface area contributed by atoms with E-state index in [1.807, 2.05) is 42.5 Å². The average molecular weight is 268 g/mol. The van der Waals surface area contributed by atoms with Crippen molar-refractivity contribution in [2.75, 3.05) is 7.11 Å². The van der Waals surface area contributed by atoms with Gasteiger partial charge in [0.15, 0.2) is 0 Å². The Morgan fingerprint density at radius 2 is 1.90 bits per heavy atom. The maximum absolute atomic E-state index is 9.87. The standard InChI is InChI=1S/C16H16N2O2/c1-20-12-8-6-11(7-9-12)14-10-15(18-17-14)13-4-2-3-5-16(13)19/h2-9,14,17,19H,10H2,1H3. The van der Waals surface area contributed by atoms with E-state index in [1.54, 1.807) is 13.2 Å². The minimum absolute atomic E-state index is 0.135. The van der Waals surface area contributed by atoms with E-state index < -0.39 is 0 Å². The van der Waals surface area contributed by atoms with Gasteiger partial charge < -0.3 is 15.3 Å². The summed E-state index contributed by atoms with van der Waals surface area (Å²) >= 11 is 0. The van der Waals surface area contributed by atoms with Gasteiger partial charge in [-0.05, 0) is 29.8 Å². The molecule has 0 saturated heterocycles. The Bertz CT molecular complexity index is 635. The summed E-state index contributed by atoms with van der Waals surface area (Å²) in [6.07, 6.45) is 0.754. The molecule has 4 heteroatoms. The number of rotatable bonds is 3. The van der Waals surface area contributed by atoms with Crippen molar-refractivity contribution in [3.8, 4) is 11.5 Å². The number of methoxy groups -OCH3 is 1. The number of ether oxygens (including phenoxy) is 1. The molecular weight excluding hydrogens is 252 g/mol. The first-order valence-electron chi connectivity index (χ1n) is 6.52. The quantitative estimate of drug-likeness (QED) is 0.900. The molecule has 1 heterocycles. The third-order valence-electron chi connectivity index (χ3n) is 3.49. The van der Waals surface area contributed by atoms with Crippen LogP contribution in [0.2, 0.25) is 0 Å². The first-order valence-corrected chi connectivity index (χ1v) is 6.52. The van der Waals surface area contributed by atoms with Crippen LogP contribution in [0.15, 0.2) is 53.6 Å². The summed E-state index contributed by atoms with van der Waals surface area (Å²) in [6, 6.07) is 15.3. The monoisotopic (exact) mass is 268 g/mol. The molecule has 0 spiro atoms. The van der Waals surface area contributed by atoms with Gasteiger partial charge in [-0.25, -0.2) is 0 Å². The Hall–Kier alpha value is -2.49. The number of nitrogens with zero attached hydrogens (tertiary/aromatic N) is 1. The number of hydrazone groups is 1. The number of hydrogen-bond donors (Lipinski definition) is 2. The van der Waals surface area contributed by atoms with Crippen molar-refractivity contribution < 1.29 is 9.84 Å². The van der Waals surface area contributed by atoms with Crippen LogP contribution in [-0.2, 0) is 0 Å². The van der Waals surface area contributed by atoms with Gasteiger partial charge in [0.2, 0.25) is 0 Å². The molecule has 1 aliphatic heterocycles. The fourth-order valence-electron chi connectivity index (χ4n) is 2.36. The highest BCUT2D eigenvalue weighted by atomic mass is 16.5. The largest absolute Gasteiger partial charge is 0.507 e.